The van der Waals surface area contributed by atoms with E-state index in [1.807, 2.05) is 6.92 Å². The lowest BCUT2D eigenvalue weighted by molar-refractivity contribution is -0.0429. The molecule has 0 aliphatic heterocycles. The molecule has 0 saturated heterocycles. The Hall–Kier alpha value is 0.340. The van der Waals surface area contributed by atoms with Gasteiger partial charge in [-0.15, -0.1) is 0 Å². The Labute approximate surface area is 80.9 Å². The van der Waals surface area contributed by atoms with Crippen molar-refractivity contribution in [3.05, 3.63) is 0 Å². The molecule has 1 aliphatic carbocycles. The zero-order valence-electron chi connectivity index (χ0n) is 7.32. The van der Waals surface area contributed by atoms with Gasteiger partial charge in [0.25, 0.3) is 5.92 Å². The molecule has 1 aliphatic rings. The van der Waals surface area contributed by atoms with Gasteiger partial charge in [-0.25, -0.2) is 8.78 Å². The number of halogens is 3. The Kier molecular flexibility index (Phi) is 3.50. The van der Waals surface area contributed by atoms with Crippen LogP contribution in [0, 0.1) is 11.8 Å². The maximum Gasteiger partial charge on any atom is 0.250 e. The molecule has 0 amide bonds. The van der Waals surface area contributed by atoms with Crippen molar-refractivity contribution in [1.82, 2.24) is 0 Å². The third-order valence-electron chi connectivity index (χ3n) is 2.61. The summed E-state index contributed by atoms with van der Waals surface area (Å²) >= 11 is 3.31. The van der Waals surface area contributed by atoms with Crippen LogP contribution < -0.4 is 0 Å². The fourth-order valence-corrected chi connectivity index (χ4v) is 2.10. The summed E-state index contributed by atoms with van der Waals surface area (Å²) in [6.45, 7) is 2.02. The lowest BCUT2D eigenvalue weighted by Gasteiger charge is -2.21. The van der Waals surface area contributed by atoms with Crippen LogP contribution in [0.25, 0.3) is 0 Å². The van der Waals surface area contributed by atoms with E-state index in [4.69, 9.17) is 0 Å². The summed E-state index contributed by atoms with van der Waals surface area (Å²) in [6.07, 6.45) is 2.18. The molecule has 12 heavy (non-hydrogen) atoms. The fraction of sp³-hybridized carbons (Fsp3) is 1.00. The summed E-state index contributed by atoms with van der Waals surface area (Å²) in [6, 6.07) is 0. The Morgan fingerprint density at radius 3 is 2.67 bits per heavy atom. The van der Waals surface area contributed by atoms with Crippen LogP contribution in [0.2, 0.25) is 0 Å². The molecular formula is C9H15BrF2. The molecule has 0 aromatic carbocycles. The number of alkyl halides is 3. The van der Waals surface area contributed by atoms with Crippen LogP contribution in [0.5, 0.6) is 0 Å². The van der Waals surface area contributed by atoms with Crippen molar-refractivity contribution in [3.8, 4) is 0 Å². The second-order valence-corrected chi connectivity index (χ2v) is 4.49. The standard InChI is InChI=1S/C9H15BrF2/c1-7(6-10)5-8-3-2-4-9(8,11)12/h7-8H,2-6H2,1H3. The minimum absolute atomic E-state index is 0.104. The van der Waals surface area contributed by atoms with E-state index in [9.17, 15) is 8.78 Å². The van der Waals surface area contributed by atoms with Gasteiger partial charge in [0.15, 0.2) is 0 Å². The summed E-state index contributed by atoms with van der Waals surface area (Å²) in [5.41, 5.74) is 0. The molecule has 0 aromatic rings. The lowest BCUT2D eigenvalue weighted by Crippen LogP contribution is -2.23. The van der Waals surface area contributed by atoms with Crippen molar-refractivity contribution < 1.29 is 8.78 Å². The molecule has 0 bridgehead atoms. The van der Waals surface area contributed by atoms with Gasteiger partial charge >= 0.3 is 0 Å². The molecule has 1 fully saturated rings. The van der Waals surface area contributed by atoms with Crippen LogP contribution in [0.1, 0.15) is 32.6 Å². The molecule has 2 unspecified atom stereocenters. The van der Waals surface area contributed by atoms with Gasteiger partial charge in [0, 0.05) is 17.7 Å². The molecule has 0 heterocycles. The molecule has 72 valence electrons. The topological polar surface area (TPSA) is 0 Å². The van der Waals surface area contributed by atoms with Crippen molar-refractivity contribution in [1.29, 1.82) is 0 Å². The molecule has 3 heteroatoms. The maximum atomic E-state index is 13.1. The zero-order chi connectivity index (χ0) is 9.19. The minimum Gasteiger partial charge on any atom is -0.207 e. The van der Waals surface area contributed by atoms with E-state index in [1.165, 1.54) is 0 Å². The van der Waals surface area contributed by atoms with Crippen molar-refractivity contribution in [2.75, 3.05) is 5.33 Å². The van der Waals surface area contributed by atoms with Crippen LogP contribution in [0.15, 0.2) is 0 Å². The van der Waals surface area contributed by atoms with Gasteiger partial charge in [0.2, 0.25) is 0 Å². The van der Waals surface area contributed by atoms with E-state index in [2.05, 4.69) is 15.9 Å². The summed E-state index contributed by atoms with van der Waals surface area (Å²) < 4.78 is 26.2. The highest BCUT2D eigenvalue weighted by molar-refractivity contribution is 9.09. The molecule has 1 rings (SSSR count). The van der Waals surface area contributed by atoms with Crippen molar-refractivity contribution >= 4 is 15.9 Å². The predicted molar refractivity (Wildman–Crippen MR) is 49.9 cm³/mol. The van der Waals surface area contributed by atoms with Gasteiger partial charge in [-0.05, 0) is 25.2 Å². The van der Waals surface area contributed by atoms with E-state index in [1.54, 1.807) is 0 Å². The molecule has 0 radical (unpaired) electrons. The largest absolute Gasteiger partial charge is 0.250 e. The quantitative estimate of drug-likeness (QED) is 0.658. The van der Waals surface area contributed by atoms with Crippen molar-refractivity contribution in [2.45, 2.75) is 38.5 Å². The molecule has 2 atom stereocenters. The summed E-state index contributed by atoms with van der Waals surface area (Å²) in [5.74, 6) is -2.36. The highest BCUT2D eigenvalue weighted by Crippen LogP contribution is 2.43. The first-order valence-corrected chi connectivity index (χ1v) is 5.62. The van der Waals surface area contributed by atoms with Gasteiger partial charge in [-0.3, -0.25) is 0 Å². The first kappa shape index (κ1) is 10.4. The van der Waals surface area contributed by atoms with Crippen LogP contribution >= 0.6 is 15.9 Å². The Morgan fingerprint density at radius 2 is 2.25 bits per heavy atom. The van der Waals surface area contributed by atoms with Crippen molar-refractivity contribution in [3.63, 3.8) is 0 Å². The SMILES string of the molecule is CC(CBr)CC1CCCC1(F)F. The van der Waals surface area contributed by atoms with E-state index in [0.29, 0.717) is 25.2 Å². The van der Waals surface area contributed by atoms with E-state index in [0.717, 1.165) is 5.33 Å². The van der Waals surface area contributed by atoms with Crippen LogP contribution in [-0.4, -0.2) is 11.3 Å². The number of rotatable bonds is 3. The van der Waals surface area contributed by atoms with Crippen LogP contribution in [0.3, 0.4) is 0 Å². The van der Waals surface area contributed by atoms with Crippen LogP contribution in [0.4, 0.5) is 8.78 Å². The highest BCUT2D eigenvalue weighted by Gasteiger charge is 2.43. The Bertz CT molecular complexity index is 147. The molecule has 0 N–H and O–H groups in total. The Balaban J connectivity index is 2.41. The van der Waals surface area contributed by atoms with E-state index in [-0.39, 0.29) is 12.3 Å². The zero-order valence-corrected chi connectivity index (χ0v) is 8.91. The third kappa shape index (κ3) is 2.41. The molecular weight excluding hydrogens is 226 g/mol. The normalized spacial score (nSPS) is 30.5. The average molecular weight is 241 g/mol. The smallest absolute Gasteiger partial charge is 0.207 e. The third-order valence-corrected chi connectivity index (χ3v) is 3.72. The van der Waals surface area contributed by atoms with Gasteiger partial charge in [-0.2, -0.15) is 0 Å². The van der Waals surface area contributed by atoms with Crippen LogP contribution in [-0.2, 0) is 0 Å². The van der Waals surface area contributed by atoms with Gasteiger partial charge < -0.3 is 0 Å². The minimum atomic E-state index is -2.38. The summed E-state index contributed by atoms with van der Waals surface area (Å²) in [4.78, 5) is 0. The maximum absolute atomic E-state index is 13.1. The average Bonchev–Trinajstić information content (AvgIpc) is 2.31. The number of hydrogen-bond donors (Lipinski definition) is 0. The molecule has 1 saturated carbocycles. The van der Waals surface area contributed by atoms with Gasteiger partial charge in [0.05, 0.1) is 0 Å². The Morgan fingerprint density at radius 1 is 1.58 bits per heavy atom. The van der Waals surface area contributed by atoms with E-state index >= 15 is 0 Å². The van der Waals surface area contributed by atoms with Gasteiger partial charge in [-0.1, -0.05) is 22.9 Å². The first-order chi connectivity index (χ1) is 5.56. The summed E-state index contributed by atoms with van der Waals surface area (Å²) in [7, 11) is 0. The molecule has 0 spiro atoms. The molecule has 0 nitrogen and oxygen atoms in total. The predicted octanol–water partition coefficient (Wildman–Crippen LogP) is 3.84. The second kappa shape index (κ2) is 4.03. The van der Waals surface area contributed by atoms with Crippen molar-refractivity contribution in [2.24, 2.45) is 11.8 Å². The fourth-order valence-electron chi connectivity index (χ4n) is 1.84. The summed E-state index contributed by atoms with van der Waals surface area (Å²) in [5, 5.41) is 0.833. The van der Waals surface area contributed by atoms with E-state index < -0.39 is 5.92 Å². The monoisotopic (exact) mass is 240 g/mol. The highest BCUT2D eigenvalue weighted by atomic mass is 79.9. The first-order valence-electron chi connectivity index (χ1n) is 4.50. The number of hydrogen-bond acceptors (Lipinski definition) is 0. The second-order valence-electron chi connectivity index (χ2n) is 3.85. The molecule has 0 aromatic heterocycles. The van der Waals surface area contributed by atoms with Gasteiger partial charge in [0.1, 0.15) is 0 Å². The lowest BCUT2D eigenvalue weighted by atomic mass is 9.94.